The molecule has 4 rings (SSSR count). The molecule has 1 atom stereocenters. The first-order valence-electron chi connectivity index (χ1n) is 10.5. The van der Waals surface area contributed by atoms with Crippen LogP contribution in [0, 0.1) is 0 Å². The predicted octanol–water partition coefficient (Wildman–Crippen LogP) is 3.17. The number of hydrogen-bond donors (Lipinski definition) is 0. The van der Waals surface area contributed by atoms with E-state index in [4.69, 9.17) is 9.47 Å². The molecule has 0 N–H and O–H groups in total. The summed E-state index contributed by atoms with van der Waals surface area (Å²) in [6.07, 6.45) is 4.70. The van der Waals surface area contributed by atoms with Crippen LogP contribution in [0.3, 0.4) is 0 Å². The molecule has 0 spiro atoms. The summed E-state index contributed by atoms with van der Waals surface area (Å²) < 4.78 is 12.8. The van der Waals surface area contributed by atoms with Gasteiger partial charge in [0.2, 0.25) is 5.78 Å². The Kier molecular flexibility index (Phi) is 5.73. The van der Waals surface area contributed by atoms with Crippen LogP contribution < -0.4 is 4.74 Å². The van der Waals surface area contributed by atoms with Crippen LogP contribution in [0.2, 0.25) is 0 Å². The van der Waals surface area contributed by atoms with Gasteiger partial charge in [0.15, 0.2) is 0 Å². The fourth-order valence-electron chi connectivity index (χ4n) is 3.81. The summed E-state index contributed by atoms with van der Waals surface area (Å²) in [7, 11) is 1.59. The molecule has 168 valence electrons. The molecule has 1 aliphatic heterocycles. The van der Waals surface area contributed by atoms with Crippen LogP contribution in [0.15, 0.2) is 48.9 Å². The van der Waals surface area contributed by atoms with Crippen molar-refractivity contribution in [3.05, 3.63) is 60.2 Å². The number of hydrogen-bond acceptors (Lipinski definition) is 6. The number of nitrogens with zero attached hydrogens (tertiary/aromatic N) is 5. The number of aromatic nitrogens is 3. The molecule has 1 saturated heterocycles. The molecule has 3 aromatic rings. The Bertz CT molecular complexity index is 1100. The van der Waals surface area contributed by atoms with Gasteiger partial charge in [-0.05, 0) is 32.9 Å². The second-order valence-electron chi connectivity index (χ2n) is 8.64. The van der Waals surface area contributed by atoms with Crippen molar-refractivity contribution >= 4 is 17.8 Å². The lowest BCUT2D eigenvalue weighted by Crippen LogP contribution is -2.53. The molecule has 1 fully saturated rings. The lowest BCUT2D eigenvalue weighted by molar-refractivity contribution is 0.00374. The van der Waals surface area contributed by atoms with Crippen molar-refractivity contribution in [2.24, 2.45) is 0 Å². The van der Waals surface area contributed by atoms with E-state index in [1.54, 1.807) is 46.0 Å². The van der Waals surface area contributed by atoms with Gasteiger partial charge in [0.1, 0.15) is 17.0 Å². The second-order valence-corrected chi connectivity index (χ2v) is 8.64. The van der Waals surface area contributed by atoms with Gasteiger partial charge in [-0.1, -0.05) is 18.2 Å². The van der Waals surface area contributed by atoms with Crippen LogP contribution in [0.4, 0.5) is 4.79 Å². The summed E-state index contributed by atoms with van der Waals surface area (Å²) in [5, 5.41) is 0. The van der Waals surface area contributed by atoms with Crippen molar-refractivity contribution in [3.8, 4) is 5.75 Å². The maximum atomic E-state index is 13.5. The highest BCUT2D eigenvalue weighted by Gasteiger charge is 2.37. The van der Waals surface area contributed by atoms with E-state index >= 15 is 0 Å². The number of carbonyl (C=O) groups is 2. The predicted molar refractivity (Wildman–Crippen MR) is 118 cm³/mol. The largest absolute Gasteiger partial charge is 0.496 e. The fraction of sp³-hybridized carbons (Fsp3) is 0.391. The highest BCUT2D eigenvalue weighted by atomic mass is 16.6. The van der Waals surface area contributed by atoms with E-state index in [-0.39, 0.29) is 12.5 Å². The third kappa shape index (κ3) is 4.37. The van der Waals surface area contributed by atoms with Crippen LogP contribution in [-0.4, -0.2) is 68.5 Å². The average Bonchev–Trinajstić information content (AvgIpc) is 3.21. The first kappa shape index (κ1) is 21.6. The number of piperazine rings is 1. The topological polar surface area (TPSA) is 89.3 Å². The van der Waals surface area contributed by atoms with Crippen molar-refractivity contribution in [2.75, 3.05) is 26.7 Å². The molecule has 1 unspecified atom stereocenters. The Labute approximate surface area is 186 Å². The zero-order valence-electron chi connectivity index (χ0n) is 18.7. The zero-order chi connectivity index (χ0) is 22.9. The minimum Gasteiger partial charge on any atom is -0.496 e. The fourth-order valence-corrected chi connectivity index (χ4v) is 3.81. The molecule has 1 aliphatic rings. The third-order valence-corrected chi connectivity index (χ3v) is 5.25. The van der Waals surface area contributed by atoms with E-state index < -0.39 is 17.7 Å². The molecule has 9 heteroatoms. The van der Waals surface area contributed by atoms with Gasteiger partial charge in [-0.15, -0.1) is 0 Å². The summed E-state index contributed by atoms with van der Waals surface area (Å²) in [6, 6.07) is 8.88. The number of ether oxygens (including phenoxy) is 2. The normalized spacial score (nSPS) is 16.8. The van der Waals surface area contributed by atoms with Gasteiger partial charge in [0.05, 0.1) is 13.2 Å². The SMILES string of the molecule is COc1ccccc1C1CN(C(=O)OC(C)(C)C)CCN1C(=O)c1cn2cccnc2n1. The van der Waals surface area contributed by atoms with Crippen LogP contribution in [-0.2, 0) is 4.74 Å². The number of benzene rings is 1. The number of fused-ring (bicyclic) bond motifs is 1. The Morgan fingerprint density at radius 1 is 1.12 bits per heavy atom. The van der Waals surface area contributed by atoms with Gasteiger partial charge in [-0.3, -0.25) is 9.20 Å². The highest BCUT2D eigenvalue weighted by molar-refractivity contribution is 5.93. The van der Waals surface area contributed by atoms with Crippen LogP contribution in [0.25, 0.3) is 5.78 Å². The number of para-hydroxylation sites is 1. The van der Waals surface area contributed by atoms with E-state index in [0.29, 0.717) is 30.3 Å². The van der Waals surface area contributed by atoms with E-state index in [9.17, 15) is 9.59 Å². The Balaban J connectivity index is 1.67. The summed E-state index contributed by atoms with van der Waals surface area (Å²) in [5.41, 5.74) is 0.515. The zero-order valence-corrected chi connectivity index (χ0v) is 18.7. The molecule has 0 bridgehead atoms. The maximum Gasteiger partial charge on any atom is 0.410 e. The lowest BCUT2D eigenvalue weighted by Gasteiger charge is -2.41. The van der Waals surface area contributed by atoms with Crippen molar-refractivity contribution in [1.29, 1.82) is 0 Å². The van der Waals surface area contributed by atoms with Gasteiger partial charge in [-0.25, -0.2) is 14.8 Å². The molecule has 0 radical (unpaired) electrons. The van der Waals surface area contributed by atoms with Gasteiger partial charge in [-0.2, -0.15) is 0 Å². The summed E-state index contributed by atoms with van der Waals surface area (Å²) in [5.74, 6) is 0.880. The standard InChI is InChI=1S/C23H27N5O4/c1-23(2,3)32-22(30)27-12-13-28(18(15-27)16-8-5-6-9-19(16)31-4)20(29)17-14-26-11-7-10-24-21(26)25-17/h5-11,14,18H,12-13,15H2,1-4H3. The summed E-state index contributed by atoms with van der Waals surface area (Å²) >= 11 is 0. The molecule has 2 aromatic heterocycles. The highest BCUT2D eigenvalue weighted by Crippen LogP contribution is 2.33. The molecular weight excluding hydrogens is 410 g/mol. The minimum absolute atomic E-state index is 0.227. The molecule has 3 heterocycles. The monoisotopic (exact) mass is 437 g/mol. The van der Waals surface area contributed by atoms with Crippen molar-refractivity contribution in [1.82, 2.24) is 24.2 Å². The van der Waals surface area contributed by atoms with E-state index in [0.717, 1.165) is 5.56 Å². The maximum absolute atomic E-state index is 13.5. The lowest BCUT2D eigenvalue weighted by atomic mass is 10.0. The minimum atomic E-state index is -0.604. The molecule has 2 amide bonds. The second kappa shape index (κ2) is 8.49. The Hall–Kier alpha value is -3.62. The molecule has 32 heavy (non-hydrogen) atoms. The van der Waals surface area contributed by atoms with Crippen LogP contribution in [0.1, 0.15) is 42.9 Å². The summed E-state index contributed by atoms with van der Waals surface area (Å²) in [4.78, 5) is 38.2. The quantitative estimate of drug-likeness (QED) is 0.625. The number of amides is 2. The average molecular weight is 438 g/mol. The first-order valence-corrected chi connectivity index (χ1v) is 10.5. The Morgan fingerprint density at radius 2 is 1.91 bits per heavy atom. The number of rotatable bonds is 3. The van der Waals surface area contributed by atoms with Crippen molar-refractivity contribution in [3.63, 3.8) is 0 Å². The Morgan fingerprint density at radius 3 is 2.62 bits per heavy atom. The van der Waals surface area contributed by atoms with E-state index in [1.807, 2.05) is 45.0 Å². The molecular formula is C23H27N5O4. The molecule has 0 aliphatic carbocycles. The van der Waals surface area contributed by atoms with Crippen molar-refractivity contribution < 1.29 is 19.1 Å². The van der Waals surface area contributed by atoms with Gasteiger partial charge in [0, 0.05) is 43.8 Å². The number of carbonyl (C=O) groups excluding carboxylic acids is 2. The number of imidazole rings is 1. The van der Waals surface area contributed by atoms with Gasteiger partial charge in [0.25, 0.3) is 5.91 Å². The van der Waals surface area contributed by atoms with Crippen LogP contribution in [0.5, 0.6) is 5.75 Å². The van der Waals surface area contributed by atoms with Crippen molar-refractivity contribution in [2.45, 2.75) is 32.4 Å². The third-order valence-electron chi connectivity index (χ3n) is 5.25. The van der Waals surface area contributed by atoms with Crippen LogP contribution >= 0.6 is 0 Å². The van der Waals surface area contributed by atoms with Gasteiger partial charge < -0.3 is 19.3 Å². The smallest absolute Gasteiger partial charge is 0.410 e. The summed E-state index contributed by atoms with van der Waals surface area (Å²) in [6.45, 7) is 6.48. The number of methoxy groups -OCH3 is 1. The van der Waals surface area contributed by atoms with Gasteiger partial charge >= 0.3 is 6.09 Å². The molecule has 1 aromatic carbocycles. The molecule has 9 nitrogen and oxygen atoms in total. The van der Waals surface area contributed by atoms with E-state index in [2.05, 4.69) is 9.97 Å². The first-order chi connectivity index (χ1) is 15.3. The van der Waals surface area contributed by atoms with E-state index in [1.165, 1.54) is 0 Å². The molecule has 0 saturated carbocycles.